The highest BCUT2D eigenvalue weighted by Gasteiger charge is 2.23. The molecular weight excluding hydrogens is 256 g/mol. The summed E-state index contributed by atoms with van der Waals surface area (Å²) in [6.45, 7) is 4.03. The Bertz CT molecular complexity index is 646. The van der Waals surface area contributed by atoms with E-state index in [2.05, 4.69) is 11.9 Å². The summed E-state index contributed by atoms with van der Waals surface area (Å²) in [6, 6.07) is 4.86. The van der Waals surface area contributed by atoms with E-state index in [1.54, 1.807) is 13.2 Å². The molecular formula is C15H18N2O3. The Morgan fingerprint density at radius 3 is 2.95 bits per heavy atom. The van der Waals surface area contributed by atoms with Crippen LogP contribution in [0.3, 0.4) is 0 Å². The minimum absolute atomic E-state index is 0.428. The second-order valence-electron chi connectivity index (χ2n) is 4.55. The molecule has 1 atom stereocenters. The van der Waals surface area contributed by atoms with Gasteiger partial charge in [0.1, 0.15) is 11.8 Å². The number of carboxylic acid groups (broad SMARTS) is 1. The Morgan fingerprint density at radius 2 is 2.35 bits per heavy atom. The number of aryl methyl sites for hydroxylation is 1. The van der Waals surface area contributed by atoms with Gasteiger partial charge in [0.25, 0.3) is 0 Å². The second-order valence-corrected chi connectivity index (χ2v) is 4.55. The minimum Gasteiger partial charge on any atom is -0.497 e. The van der Waals surface area contributed by atoms with Crippen LogP contribution in [0.15, 0.2) is 37.1 Å². The maximum atomic E-state index is 11.5. The molecule has 0 aliphatic rings. The lowest BCUT2D eigenvalue weighted by Crippen LogP contribution is -2.28. The van der Waals surface area contributed by atoms with Crippen LogP contribution in [0.4, 0.5) is 0 Å². The minimum atomic E-state index is -0.915. The van der Waals surface area contributed by atoms with Gasteiger partial charge in [0.2, 0.25) is 0 Å². The number of aliphatic carboxylic acids is 1. The monoisotopic (exact) mass is 274 g/mol. The first-order chi connectivity index (χ1) is 9.58. The van der Waals surface area contributed by atoms with Gasteiger partial charge in [-0.3, -0.25) is 10.1 Å². The predicted octanol–water partition coefficient (Wildman–Crippen LogP) is 2.09. The number of nitrogens with zero attached hydrogens (tertiary/aromatic N) is 1. The van der Waals surface area contributed by atoms with Crippen molar-refractivity contribution in [2.75, 3.05) is 13.7 Å². The third-order valence-corrected chi connectivity index (χ3v) is 3.25. The zero-order chi connectivity index (χ0) is 14.7. The number of carboxylic acids is 1. The summed E-state index contributed by atoms with van der Waals surface area (Å²) in [5, 5.41) is 13.2. The second kappa shape index (κ2) is 5.79. The molecule has 1 heterocycles. The summed E-state index contributed by atoms with van der Waals surface area (Å²) < 4.78 is 7.13. The third-order valence-electron chi connectivity index (χ3n) is 3.25. The maximum Gasteiger partial charge on any atom is 0.325 e. The van der Waals surface area contributed by atoms with Gasteiger partial charge in [-0.1, -0.05) is 6.08 Å². The van der Waals surface area contributed by atoms with Crippen LogP contribution >= 0.6 is 0 Å². The molecule has 5 heteroatoms. The average molecular weight is 274 g/mol. The molecule has 0 bridgehead atoms. The standard InChI is InChI=1S/C15H18N2O3/c1-4-7-16-14(15(18)19)12-9-17(2)13-6-5-10(20-3)8-11(12)13/h4-6,8-9,14,16H,1,7H2,2-3H3,(H,18,19). The molecule has 1 unspecified atom stereocenters. The van der Waals surface area contributed by atoms with Crippen molar-refractivity contribution in [3.05, 3.63) is 42.6 Å². The van der Waals surface area contributed by atoms with Crippen LogP contribution < -0.4 is 10.1 Å². The number of hydrogen-bond acceptors (Lipinski definition) is 3. The van der Waals surface area contributed by atoms with Crippen LogP contribution in [-0.4, -0.2) is 29.3 Å². The van der Waals surface area contributed by atoms with Crippen molar-refractivity contribution in [1.29, 1.82) is 0 Å². The van der Waals surface area contributed by atoms with Gasteiger partial charge in [-0.2, -0.15) is 0 Å². The number of rotatable bonds is 6. The third kappa shape index (κ3) is 2.53. The molecule has 2 aromatic rings. The fourth-order valence-corrected chi connectivity index (χ4v) is 2.29. The highest BCUT2D eigenvalue weighted by molar-refractivity contribution is 5.90. The van der Waals surface area contributed by atoms with Crippen molar-refractivity contribution in [1.82, 2.24) is 9.88 Å². The summed E-state index contributed by atoms with van der Waals surface area (Å²) in [5.41, 5.74) is 1.68. The number of benzene rings is 1. The maximum absolute atomic E-state index is 11.5. The molecule has 0 fully saturated rings. The molecule has 5 nitrogen and oxygen atoms in total. The molecule has 2 N–H and O–H groups in total. The van der Waals surface area contributed by atoms with E-state index in [9.17, 15) is 9.90 Å². The molecule has 1 aromatic heterocycles. The fraction of sp³-hybridized carbons (Fsp3) is 0.267. The Hall–Kier alpha value is -2.27. The van der Waals surface area contributed by atoms with Crippen LogP contribution in [0.25, 0.3) is 10.9 Å². The van der Waals surface area contributed by atoms with Gasteiger partial charge >= 0.3 is 5.97 Å². The van der Waals surface area contributed by atoms with E-state index in [1.807, 2.05) is 36.0 Å². The first-order valence-corrected chi connectivity index (χ1v) is 6.28. The lowest BCUT2D eigenvalue weighted by Gasteiger charge is -2.12. The van der Waals surface area contributed by atoms with Crippen molar-refractivity contribution in [2.24, 2.45) is 7.05 Å². The van der Waals surface area contributed by atoms with Crippen LogP contribution in [0.2, 0.25) is 0 Å². The normalized spacial score (nSPS) is 12.3. The molecule has 0 radical (unpaired) electrons. The quantitative estimate of drug-likeness (QED) is 0.792. The van der Waals surface area contributed by atoms with E-state index in [0.29, 0.717) is 12.3 Å². The van der Waals surface area contributed by atoms with Crippen LogP contribution in [0.5, 0.6) is 5.75 Å². The fourth-order valence-electron chi connectivity index (χ4n) is 2.29. The molecule has 106 valence electrons. The van der Waals surface area contributed by atoms with Gasteiger partial charge < -0.3 is 14.4 Å². The summed E-state index contributed by atoms with van der Waals surface area (Å²) in [4.78, 5) is 11.5. The van der Waals surface area contributed by atoms with Crippen LogP contribution in [0.1, 0.15) is 11.6 Å². The highest BCUT2D eigenvalue weighted by atomic mass is 16.5. The lowest BCUT2D eigenvalue weighted by molar-refractivity contribution is -0.139. The molecule has 2 rings (SSSR count). The van der Waals surface area contributed by atoms with Gasteiger partial charge in [-0.05, 0) is 18.2 Å². The zero-order valence-corrected chi connectivity index (χ0v) is 11.6. The Balaban J connectivity index is 2.55. The Kier molecular flexibility index (Phi) is 4.10. The van der Waals surface area contributed by atoms with E-state index in [0.717, 1.165) is 16.5 Å². The predicted molar refractivity (Wildman–Crippen MR) is 78.0 cm³/mol. The molecule has 0 amide bonds. The molecule has 20 heavy (non-hydrogen) atoms. The summed E-state index contributed by atoms with van der Waals surface area (Å²) in [6.07, 6.45) is 3.47. The first-order valence-electron chi connectivity index (χ1n) is 6.28. The van der Waals surface area contributed by atoms with Crippen molar-refractivity contribution in [3.63, 3.8) is 0 Å². The average Bonchev–Trinajstić information content (AvgIpc) is 2.76. The van der Waals surface area contributed by atoms with Crippen LogP contribution in [0, 0.1) is 0 Å². The SMILES string of the molecule is C=CCNC(C(=O)O)c1cn(C)c2ccc(OC)cc12. The van der Waals surface area contributed by atoms with Crippen molar-refractivity contribution in [2.45, 2.75) is 6.04 Å². The summed E-state index contributed by atoms with van der Waals surface area (Å²) in [7, 11) is 3.49. The molecule has 0 saturated heterocycles. The Labute approximate surface area is 117 Å². The molecule has 0 aliphatic carbocycles. The molecule has 0 spiro atoms. The molecule has 0 aliphatic heterocycles. The van der Waals surface area contributed by atoms with E-state index < -0.39 is 12.0 Å². The summed E-state index contributed by atoms with van der Waals surface area (Å²) in [5.74, 6) is -0.208. The summed E-state index contributed by atoms with van der Waals surface area (Å²) >= 11 is 0. The largest absolute Gasteiger partial charge is 0.497 e. The topological polar surface area (TPSA) is 63.5 Å². The highest BCUT2D eigenvalue weighted by Crippen LogP contribution is 2.29. The first kappa shape index (κ1) is 14.1. The van der Waals surface area contributed by atoms with Gasteiger partial charge in [-0.25, -0.2) is 0 Å². The smallest absolute Gasteiger partial charge is 0.325 e. The van der Waals surface area contributed by atoms with Gasteiger partial charge in [0.05, 0.1) is 7.11 Å². The number of methoxy groups -OCH3 is 1. The van der Waals surface area contributed by atoms with Crippen molar-refractivity contribution in [3.8, 4) is 5.75 Å². The van der Waals surface area contributed by atoms with E-state index in [4.69, 9.17) is 4.74 Å². The van der Waals surface area contributed by atoms with Crippen LogP contribution in [-0.2, 0) is 11.8 Å². The number of fused-ring (bicyclic) bond motifs is 1. The molecule has 0 saturated carbocycles. The van der Waals surface area contributed by atoms with Gasteiger partial charge in [-0.15, -0.1) is 6.58 Å². The van der Waals surface area contributed by atoms with Crippen molar-refractivity contribution >= 4 is 16.9 Å². The number of ether oxygens (including phenoxy) is 1. The van der Waals surface area contributed by atoms with Gasteiger partial charge in [0.15, 0.2) is 0 Å². The number of carbonyl (C=O) groups is 1. The van der Waals surface area contributed by atoms with E-state index in [1.165, 1.54) is 0 Å². The zero-order valence-electron chi connectivity index (χ0n) is 11.6. The lowest BCUT2D eigenvalue weighted by atomic mass is 10.1. The van der Waals surface area contributed by atoms with Crippen molar-refractivity contribution < 1.29 is 14.6 Å². The number of nitrogens with one attached hydrogen (secondary N) is 1. The Morgan fingerprint density at radius 1 is 1.60 bits per heavy atom. The number of hydrogen-bond donors (Lipinski definition) is 2. The number of aromatic nitrogens is 1. The van der Waals surface area contributed by atoms with Gasteiger partial charge in [0, 0.05) is 36.3 Å². The molecule has 1 aromatic carbocycles. The van der Waals surface area contributed by atoms with E-state index in [-0.39, 0.29) is 0 Å². The van der Waals surface area contributed by atoms with E-state index >= 15 is 0 Å².